The summed E-state index contributed by atoms with van der Waals surface area (Å²) in [5, 5.41) is 28.4. The van der Waals surface area contributed by atoms with Crippen molar-refractivity contribution in [1.29, 1.82) is 0 Å². The Bertz CT molecular complexity index is 1210. The quantitative estimate of drug-likeness (QED) is 0.235. The standard InChI is InChI=1S/C18H22BrN9O5/c1-9-15(19)11(3)26(23-9)7-13-22-18(33-25-13)17(30)21-6-5-20-14(29)8-27-12(4)16(28(31)32)10(2)24-27/h5-8H2,1-4H3,(H,20,29)(H,21,30). The number of amides is 2. The Morgan fingerprint density at radius 3 is 2.33 bits per heavy atom. The van der Waals surface area contributed by atoms with Crippen molar-refractivity contribution in [3.63, 3.8) is 0 Å². The van der Waals surface area contributed by atoms with Gasteiger partial charge >= 0.3 is 17.5 Å². The lowest BCUT2D eigenvalue weighted by atomic mass is 10.3. The molecule has 33 heavy (non-hydrogen) atoms. The van der Waals surface area contributed by atoms with Gasteiger partial charge in [-0.25, -0.2) is 0 Å². The van der Waals surface area contributed by atoms with Gasteiger partial charge in [0.25, 0.3) is 0 Å². The van der Waals surface area contributed by atoms with E-state index >= 15 is 0 Å². The third-order valence-corrected chi connectivity index (χ3v) is 5.95. The van der Waals surface area contributed by atoms with Crippen LogP contribution in [-0.2, 0) is 17.9 Å². The lowest BCUT2D eigenvalue weighted by Gasteiger charge is -2.06. The average Bonchev–Trinajstić information content (AvgIpc) is 3.39. The van der Waals surface area contributed by atoms with Crippen molar-refractivity contribution in [2.24, 2.45) is 0 Å². The summed E-state index contributed by atoms with van der Waals surface area (Å²) in [7, 11) is 0. The number of nitrogens with zero attached hydrogens (tertiary/aromatic N) is 7. The van der Waals surface area contributed by atoms with Crippen LogP contribution in [0.5, 0.6) is 0 Å². The van der Waals surface area contributed by atoms with Crippen molar-refractivity contribution in [1.82, 2.24) is 40.3 Å². The van der Waals surface area contributed by atoms with Crippen LogP contribution in [-0.4, -0.2) is 59.5 Å². The summed E-state index contributed by atoms with van der Waals surface area (Å²) in [6, 6.07) is 0. The molecular formula is C18H22BrN9O5. The van der Waals surface area contributed by atoms with Gasteiger partial charge in [-0.2, -0.15) is 15.2 Å². The topological polar surface area (TPSA) is 176 Å². The van der Waals surface area contributed by atoms with Gasteiger partial charge in [-0.05, 0) is 43.6 Å². The van der Waals surface area contributed by atoms with E-state index in [1.807, 2.05) is 13.8 Å². The van der Waals surface area contributed by atoms with Gasteiger partial charge in [0.2, 0.25) is 5.91 Å². The Labute approximate surface area is 196 Å². The van der Waals surface area contributed by atoms with Crippen molar-refractivity contribution in [2.45, 2.75) is 40.8 Å². The summed E-state index contributed by atoms with van der Waals surface area (Å²) >= 11 is 3.45. The Balaban J connectivity index is 1.45. The van der Waals surface area contributed by atoms with Gasteiger partial charge in [0.1, 0.15) is 24.5 Å². The molecule has 0 spiro atoms. The Kier molecular flexibility index (Phi) is 7.20. The van der Waals surface area contributed by atoms with Crippen LogP contribution in [0, 0.1) is 37.8 Å². The number of nitro groups is 1. The minimum atomic E-state index is -0.577. The van der Waals surface area contributed by atoms with E-state index in [1.165, 1.54) is 18.5 Å². The first-order chi connectivity index (χ1) is 15.6. The summed E-state index contributed by atoms with van der Waals surface area (Å²) in [4.78, 5) is 38.9. The molecule has 2 amide bonds. The lowest BCUT2D eigenvalue weighted by molar-refractivity contribution is -0.386. The van der Waals surface area contributed by atoms with E-state index in [-0.39, 0.29) is 43.5 Å². The number of nitrogens with one attached hydrogen (secondary N) is 2. The van der Waals surface area contributed by atoms with Crippen molar-refractivity contribution >= 4 is 33.4 Å². The van der Waals surface area contributed by atoms with Crippen LogP contribution < -0.4 is 10.6 Å². The molecule has 3 aromatic heterocycles. The molecule has 3 heterocycles. The van der Waals surface area contributed by atoms with Gasteiger partial charge < -0.3 is 15.2 Å². The molecule has 0 aliphatic carbocycles. The zero-order valence-corrected chi connectivity index (χ0v) is 20.0. The van der Waals surface area contributed by atoms with Gasteiger partial charge in [0.15, 0.2) is 5.82 Å². The van der Waals surface area contributed by atoms with E-state index in [9.17, 15) is 19.7 Å². The van der Waals surface area contributed by atoms with Crippen molar-refractivity contribution in [3.8, 4) is 0 Å². The second-order valence-electron chi connectivity index (χ2n) is 7.20. The highest BCUT2D eigenvalue weighted by atomic mass is 79.9. The number of hydrogen-bond donors (Lipinski definition) is 2. The van der Waals surface area contributed by atoms with E-state index in [0.717, 1.165) is 15.9 Å². The fraction of sp³-hybridized carbons (Fsp3) is 0.444. The first kappa shape index (κ1) is 24.0. The van der Waals surface area contributed by atoms with E-state index in [1.54, 1.807) is 4.68 Å². The van der Waals surface area contributed by atoms with E-state index < -0.39 is 16.7 Å². The highest BCUT2D eigenvalue weighted by Gasteiger charge is 2.22. The molecule has 0 aliphatic heterocycles. The molecule has 0 bridgehead atoms. The van der Waals surface area contributed by atoms with Gasteiger partial charge in [-0.3, -0.25) is 29.1 Å². The predicted molar refractivity (Wildman–Crippen MR) is 116 cm³/mol. The molecule has 0 aliphatic rings. The third-order valence-electron chi connectivity index (χ3n) is 4.80. The summed E-state index contributed by atoms with van der Waals surface area (Å²) in [5.41, 5.74) is 2.14. The Morgan fingerprint density at radius 2 is 1.73 bits per heavy atom. The third kappa shape index (κ3) is 5.42. The highest BCUT2D eigenvalue weighted by Crippen LogP contribution is 2.21. The summed E-state index contributed by atoms with van der Waals surface area (Å²) in [5.74, 6) is -0.884. The monoisotopic (exact) mass is 523 g/mol. The molecule has 176 valence electrons. The van der Waals surface area contributed by atoms with E-state index in [0.29, 0.717) is 11.5 Å². The van der Waals surface area contributed by atoms with E-state index in [2.05, 4.69) is 46.9 Å². The zero-order chi connectivity index (χ0) is 24.3. The van der Waals surface area contributed by atoms with Crippen LogP contribution in [0.4, 0.5) is 5.69 Å². The fourth-order valence-electron chi connectivity index (χ4n) is 3.12. The number of hydrogen-bond acceptors (Lipinski definition) is 9. The molecule has 0 radical (unpaired) electrons. The SMILES string of the molecule is Cc1nn(Cc2noc(C(=O)NCCNC(=O)Cn3nc(C)c([N+](=O)[O-])c3C)n2)c(C)c1Br. The average molecular weight is 524 g/mol. The van der Waals surface area contributed by atoms with Crippen LogP contribution in [0.1, 0.15) is 39.3 Å². The second-order valence-corrected chi connectivity index (χ2v) is 7.99. The van der Waals surface area contributed by atoms with Crippen LogP contribution in [0.15, 0.2) is 9.00 Å². The largest absolute Gasteiger partial charge is 0.353 e. The molecule has 0 saturated carbocycles. The normalized spacial score (nSPS) is 10.9. The van der Waals surface area contributed by atoms with Gasteiger partial charge in [-0.1, -0.05) is 5.16 Å². The van der Waals surface area contributed by atoms with Crippen LogP contribution in [0.25, 0.3) is 0 Å². The van der Waals surface area contributed by atoms with Gasteiger partial charge in [0, 0.05) is 13.1 Å². The predicted octanol–water partition coefficient (Wildman–Crippen LogP) is 0.961. The molecule has 3 rings (SSSR count). The number of carbonyl (C=O) groups excluding carboxylic acids is 2. The maximum absolute atomic E-state index is 12.2. The first-order valence-corrected chi connectivity index (χ1v) is 10.6. The second kappa shape index (κ2) is 9.89. The zero-order valence-electron chi connectivity index (χ0n) is 18.4. The Hall–Kier alpha value is -3.62. The maximum atomic E-state index is 12.2. The molecule has 2 N–H and O–H groups in total. The molecule has 3 aromatic rings. The van der Waals surface area contributed by atoms with Crippen molar-refractivity contribution in [3.05, 3.63) is 49.1 Å². The lowest BCUT2D eigenvalue weighted by Crippen LogP contribution is -2.36. The number of rotatable bonds is 9. The molecular weight excluding hydrogens is 502 g/mol. The number of aryl methyl sites for hydroxylation is 2. The van der Waals surface area contributed by atoms with Crippen LogP contribution in [0.2, 0.25) is 0 Å². The first-order valence-electron chi connectivity index (χ1n) is 9.83. The van der Waals surface area contributed by atoms with Gasteiger partial charge in [0.05, 0.1) is 20.8 Å². The smallest absolute Gasteiger partial charge is 0.316 e. The summed E-state index contributed by atoms with van der Waals surface area (Å²) in [6.45, 7) is 7.10. The molecule has 0 saturated heterocycles. The molecule has 0 atom stereocenters. The Morgan fingerprint density at radius 1 is 1.06 bits per heavy atom. The maximum Gasteiger partial charge on any atom is 0.316 e. The minimum Gasteiger partial charge on any atom is -0.353 e. The van der Waals surface area contributed by atoms with E-state index in [4.69, 9.17) is 4.52 Å². The number of aromatic nitrogens is 6. The van der Waals surface area contributed by atoms with Crippen molar-refractivity contribution in [2.75, 3.05) is 13.1 Å². The molecule has 14 nitrogen and oxygen atoms in total. The minimum absolute atomic E-state index is 0.112. The molecule has 0 fully saturated rings. The van der Waals surface area contributed by atoms with Crippen molar-refractivity contribution < 1.29 is 19.0 Å². The summed E-state index contributed by atoms with van der Waals surface area (Å²) in [6.07, 6.45) is 0. The number of halogens is 1. The summed E-state index contributed by atoms with van der Waals surface area (Å²) < 4.78 is 8.85. The van der Waals surface area contributed by atoms with Crippen LogP contribution in [0.3, 0.4) is 0 Å². The molecule has 0 aromatic carbocycles. The number of carbonyl (C=O) groups is 2. The van der Waals surface area contributed by atoms with Gasteiger partial charge in [-0.15, -0.1) is 0 Å². The fourth-order valence-corrected chi connectivity index (χ4v) is 3.41. The molecule has 0 unspecified atom stereocenters. The van der Waals surface area contributed by atoms with Crippen LogP contribution >= 0.6 is 15.9 Å². The molecule has 15 heteroatoms. The highest BCUT2D eigenvalue weighted by molar-refractivity contribution is 9.10.